The van der Waals surface area contributed by atoms with Crippen molar-refractivity contribution in [3.8, 4) is 0 Å². The largest absolute Gasteiger partial charge is 0.478 e. The maximum Gasteiger partial charge on any atom is 0.353 e. The number of carbonyl (C=O) groups is 5. The number of thioether (sulfide) groups is 1. The number of esters is 1. The number of methoxy groups -OCH3 is 1. The highest BCUT2D eigenvalue weighted by Gasteiger charge is 2.60. The Balaban J connectivity index is 1.46. The minimum absolute atomic E-state index is 0.0245. The molecule has 12 nitrogen and oxygen atoms in total. The van der Waals surface area contributed by atoms with Gasteiger partial charge in [-0.1, -0.05) is 6.92 Å². The Hall–Kier alpha value is -3.42. The number of hydrogen-bond donors (Lipinski definition) is 5. The van der Waals surface area contributed by atoms with Crippen molar-refractivity contribution in [2.45, 2.75) is 43.7 Å². The molecule has 0 aliphatic carbocycles. The van der Waals surface area contributed by atoms with Gasteiger partial charge in [-0.25, -0.2) is 14.4 Å². The number of amides is 2. The third-order valence-electron chi connectivity index (χ3n) is 6.88. The van der Waals surface area contributed by atoms with Crippen molar-refractivity contribution >= 4 is 47.2 Å². The summed E-state index contributed by atoms with van der Waals surface area (Å²) < 4.78 is 4.64. The third-order valence-corrected chi connectivity index (χ3v) is 8.39. The molecule has 0 aromatic heterocycles. The second kappa shape index (κ2) is 10.1. The molecule has 5 N–H and O–H groups in total. The zero-order chi connectivity index (χ0) is 27.2. The van der Waals surface area contributed by atoms with E-state index in [1.807, 2.05) is 6.92 Å². The van der Waals surface area contributed by atoms with E-state index in [0.29, 0.717) is 17.9 Å². The second-order valence-electron chi connectivity index (χ2n) is 9.29. The quantitative estimate of drug-likeness (QED) is 0.235. The number of carboxylic acid groups (broad SMARTS) is 2. The zero-order valence-electron chi connectivity index (χ0n) is 20.3. The van der Waals surface area contributed by atoms with E-state index in [9.17, 15) is 39.3 Å². The van der Waals surface area contributed by atoms with Crippen molar-refractivity contribution in [3.63, 3.8) is 0 Å². The van der Waals surface area contributed by atoms with Gasteiger partial charge in [0.15, 0.2) is 0 Å². The maximum atomic E-state index is 12.9. The van der Waals surface area contributed by atoms with Crippen LogP contribution in [0.3, 0.4) is 0 Å². The summed E-state index contributed by atoms with van der Waals surface area (Å²) in [6.45, 7) is 3.74. The summed E-state index contributed by atoms with van der Waals surface area (Å²) in [4.78, 5) is 62.6. The number of β-lactam (4-membered cyclic amide) rings is 1. The number of aromatic carboxylic acids is 1. The number of aliphatic carboxylic acids is 1. The molecule has 37 heavy (non-hydrogen) atoms. The van der Waals surface area contributed by atoms with Crippen molar-refractivity contribution < 1.29 is 44.0 Å². The molecule has 2 amide bonds. The van der Waals surface area contributed by atoms with Crippen LogP contribution >= 0.6 is 11.8 Å². The zero-order valence-corrected chi connectivity index (χ0v) is 21.1. The van der Waals surface area contributed by atoms with Gasteiger partial charge in [0, 0.05) is 28.3 Å². The third kappa shape index (κ3) is 4.81. The molecule has 1 aromatic carbocycles. The number of hydrogen-bond acceptors (Lipinski definition) is 9. The van der Waals surface area contributed by atoms with Crippen LogP contribution < -0.4 is 10.6 Å². The predicted molar refractivity (Wildman–Crippen MR) is 131 cm³/mol. The number of ether oxygens (including phenoxy) is 1. The van der Waals surface area contributed by atoms with E-state index in [1.165, 1.54) is 35.7 Å². The van der Waals surface area contributed by atoms with Gasteiger partial charge >= 0.3 is 17.9 Å². The highest BCUT2D eigenvalue weighted by Crippen LogP contribution is 2.51. The molecule has 0 radical (unpaired) electrons. The Bertz CT molecular complexity index is 1210. The van der Waals surface area contributed by atoms with Crippen molar-refractivity contribution in [3.05, 3.63) is 39.9 Å². The topological polar surface area (TPSA) is 183 Å². The van der Waals surface area contributed by atoms with Gasteiger partial charge in [0.25, 0.3) is 0 Å². The lowest BCUT2D eigenvalue weighted by Crippen LogP contribution is -2.63. The average molecular weight is 534 g/mol. The molecule has 2 saturated heterocycles. The first-order valence-electron chi connectivity index (χ1n) is 11.6. The van der Waals surface area contributed by atoms with Crippen molar-refractivity contribution in [2.24, 2.45) is 11.8 Å². The van der Waals surface area contributed by atoms with Crippen LogP contribution in [0.25, 0.3) is 0 Å². The fraction of sp³-hybridized carbons (Fsp3) is 0.458. The minimum Gasteiger partial charge on any atom is -0.478 e. The summed E-state index contributed by atoms with van der Waals surface area (Å²) in [6.07, 6.45) is -0.545. The number of fused-ring (bicyclic) bond motifs is 1. The summed E-state index contributed by atoms with van der Waals surface area (Å²) in [5, 5.41) is 34.7. The number of nitrogens with zero attached hydrogens (tertiary/aromatic N) is 1. The minimum atomic E-state index is -1.27. The summed E-state index contributed by atoms with van der Waals surface area (Å²) in [6, 6.07) is 2.64. The van der Waals surface area contributed by atoms with E-state index in [0.717, 1.165) is 13.2 Å². The van der Waals surface area contributed by atoms with Gasteiger partial charge in [-0.3, -0.25) is 9.59 Å². The second-order valence-corrected chi connectivity index (χ2v) is 10.6. The molecule has 0 saturated carbocycles. The van der Waals surface area contributed by atoms with E-state index < -0.39 is 53.8 Å². The van der Waals surface area contributed by atoms with Crippen LogP contribution in [0.1, 0.15) is 41.0 Å². The number of nitrogens with one attached hydrogen (secondary N) is 2. The first kappa shape index (κ1) is 26.6. The van der Waals surface area contributed by atoms with Crippen molar-refractivity contribution in [1.82, 2.24) is 10.2 Å². The molecule has 6 unspecified atom stereocenters. The molecule has 198 valence electrons. The van der Waals surface area contributed by atoms with Crippen molar-refractivity contribution in [2.75, 3.05) is 19.0 Å². The van der Waals surface area contributed by atoms with E-state index >= 15 is 0 Å². The lowest BCUT2D eigenvalue weighted by molar-refractivity contribution is -0.163. The smallest absolute Gasteiger partial charge is 0.353 e. The van der Waals surface area contributed by atoms with Crippen molar-refractivity contribution in [1.29, 1.82) is 0 Å². The normalized spacial score (nSPS) is 27.4. The van der Waals surface area contributed by atoms with Gasteiger partial charge in [0.05, 0.1) is 42.3 Å². The summed E-state index contributed by atoms with van der Waals surface area (Å²) in [5.74, 6) is -5.02. The van der Waals surface area contributed by atoms with Crippen LogP contribution in [-0.4, -0.2) is 87.0 Å². The molecule has 3 aliphatic rings. The monoisotopic (exact) mass is 533 g/mol. The van der Waals surface area contributed by atoms with Gasteiger partial charge in [0.2, 0.25) is 11.8 Å². The summed E-state index contributed by atoms with van der Waals surface area (Å²) >= 11 is 1.31. The SMILES string of the molecule is COC(=O)c1cc(NC(=O)C2CC(SC3=C(C(=O)O)N4C(=O)C(C(C)O)C4C3C)CN2)cc(C(=O)O)c1. The molecular formula is C24H27N3O9S. The van der Waals surface area contributed by atoms with E-state index in [1.54, 1.807) is 0 Å². The number of benzene rings is 1. The van der Waals surface area contributed by atoms with Gasteiger partial charge in [0.1, 0.15) is 5.70 Å². The van der Waals surface area contributed by atoms with Gasteiger partial charge < -0.3 is 35.6 Å². The van der Waals surface area contributed by atoms with Crippen LogP contribution in [0.15, 0.2) is 28.8 Å². The van der Waals surface area contributed by atoms with Gasteiger partial charge in [-0.2, -0.15) is 0 Å². The lowest BCUT2D eigenvalue weighted by Gasteiger charge is -2.46. The highest BCUT2D eigenvalue weighted by molar-refractivity contribution is 8.03. The number of aliphatic hydroxyl groups excluding tert-OH is 1. The standard InChI is InChI=1S/C24H27N3O9S/c1-9-17-16(10(2)28)21(30)27(17)18(23(33)34)19(9)37-14-7-15(25-8-14)20(29)26-13-5-11(22(31)32)4-12(6-13)24(35)36-3/h4-6,9-10,14-17,25,28H,7-8H2,1-3H3,(H,26,29)(H,31,32)(H,33,34). The molecule has 0 bridgehead atoms. The Labute approximate surface area is 216 Å². The predicted octanol–water partition coefficient (Wildman–Crippen LogP) is 0.727. The molecule has 4 rings (SSSR count). The van der Waals surface area contributed by atoms with Crippen LogP contribution in [0.4, 0.5) is 5.69 Å². The van der Waals surface area contributed by atoms with E-state index in [4.69, 9.17) is 0 Å². The number of rotatable bonds is 8. The van der Waals surface area contributed by atoms with Crippen LogP contribution in [0.5, 0.6) is 0 Å². The average Bonchev–Trinajstić information content (AvgIpc) is 3.40. The fourth-order valence-electron chi connectivity index (χ4n) is 5.14. The van der Waals surface area contributed by atoms with Gasteiger partial charge in [-0.05, 0) is 31.5 Å². The van der Waals surface area contributed by atoms with Crippen LogP contribution in [0, 0.1) is 11.8 Å². The highest BCUT2D eigenvalue weighted by atomic mass is 32.2. The molecule has 13 heteroatoms. The summed E-state index contributed by atoms with van der Waals surface area (Å²) in [5.41, 5.74) is -0.165. The lowest BCUT2D eigenvalue weighted by atomic mass is 9.79. The maximum absolute atomic E-state index is 12.9. The van der Waals surface area contributed by atoms with E-state index in [2.05, 4.69) is 15.4 Å². The van der Waals surface area contributed by atoms with E-state index in [-0.39, 0.29) is 33.7 Å². The molecule has 3 heterocycles. The fourth-order valence-corrected chi connectivity index (χ4v) is 6.62. The Morgan fingerprint density at radius 3 is 2.43 bits per heavy atom. The van der Waals surface area contributed by atoms with Gasteiger partial charge in [-0.15, -0.1) is 11.8 Å². The number of carboxylic acids is 2. The molecule has 2 fully saturated rings. The molecule has 0 spiro atoms. The summed E-state index contributed by atoms with van der Waals surface area (Å²) in [7, 11) is 1.16. The van der Waals surface area contributed by atoms with Crippen LogP contribution in [0.2, 0.25) is 0 Å². The Morgan fingerprint density at radius 1 is 1.16 bits per heavy atom. The first-order chi connectivity index (χ1) is 17.4. The van der Waals surface area contributed by atoms with Crippen LogP contribution in [-0.2, 0) is 19.1 Å². The first-order valence-corrected chi connectivity index (χ1v) is 12.5. The number of aliphatic hydroxyl groups is 1. The Kier molecular flexibility index (Phi) is 7.31. The molecule has 3 aliphatic heterocycles. The number of anilines is 1. The number of carbonyl (C=O) groups excluding carboxylic acids is 3. The Morgan fingerprint density at radius 2 is 1.84 bits per heavy atom. The molecule has 6 atom stereocenters. The molecule has 1 aromatic rings. The molecular weight excluding hydrogens is 506 g/mol.